The minimum absolute atomic E-state index is 0.129. The average molecular weight is 300 g/mol. The number of aromatic nitrogens is 1. The predicted octanol–water partition coefficient (Wildman–Crippen LogP) is 1.26. The molecule has 1 aromatic heterocycles. The lowest BCUT2D eigenvalue weighted by Crippen LogP contribution is -2.47. The highest BCUT2D eigenvalue weighted by atomic mass is 79.9. The Morgan fingerprint density at radius 2 is 2.47 bits per heavy atom. The molecule has 3 atom stereocenters. The molecule has 5 nitrogen and oxygen atoms in total. The zero-order valence-corrected chi connectivity index (χ0v) is 10.9. The third kappa shape index (κ3) is 2.37. The molecule has 6 heteroatoms. The minimum atomic E-state index is -0.219. The van der Waals surface area contributed by atoms with E-state index in [4.69, 9.17) is 4.42 Å². The fraction of sp³-hybridized carbons (Fsp3) is 0.636. The summed E-state index contributed by atoms with van der Waals surface area (Å²) in [4.78, 5) is 18.2. The highest BCUT2D eigenvalue weighted by molar-refractivity contribution is 9.10. The van der Waals surface area contributed by atoms with Gasteiger partial charge in [0.2, 0.25) is 0 Å². The Kier molecular flexibility index (Phi) is 2.92. The molecule has 1 N–H and O–H groups in total. The van der Waals surface area contributed by atoms with Gasteiger partial charge in [-0.15, -0.1) is 0 Å². The highest BCUT2D eigenvalue weighted by Gasteiger charge is 2.33. The summed E-state index contributed by atoms with van der Waals surface area (Å²) >= 11 is 3.14. The summed E-state index contributed by atoms with van der Waals surface area (Å²) in [6, 6.07) is 0.231. The van der Waals surface area contributed by atoms with Crippen molar-refractivity contribution in [3.63, 3.8) is 0 Å². The first-order chi connectivity index (χ1) is 8.20. The predicted molar refractivity (Wildman–Crippen MR) is 64.6 cm³/mol. The number of halogens is 1. The van der Waals surface area contributed by atoms with Crippen molar-refractivity contribution in [2.45, 2.75) is 18.9 Å². The van der Waals surface area contributed by atoms with Crippen molar-refractivity contribution < 1.29 is 9.21 Å². The fourth-order valence-corrected chi connectivity index (χ4v) is 3.03. The number of carbonyl (C=O) groups excluding carboxylic acids is 1. The van der Waals surface area contributed by atoms with Crippen LogP contribution in [-0.4, -0.2) is 41.5 Å². The van der Waals surface area contributed by atoms with E-state index in [1.165, 1.54) is 25.7 Å². The number of oxazole rings is 1. The number of amides is 1. The summed E-state index contributed by atoms with van der Waals surface area (Å²) in [6.07, 6.45) is 3.82. The quantitative estimate of drug-likeness (QED) is 0.893. The molecule has 0 aromatic carbocycles. The van der Waals surface area contributed by atoms with Crippen LogP contribution in [0.25, 0.3) is 0 Å². The highest BCUT2D eigenvalue weighted by Crippen LogP contribution is 2.26. The molecule has 1 aromatic rings. The first-order valence-corrected chi connectivity index (χ1v) is 6.64. The Hall–Kier alpha value is -0.880. The first kappa shape index (κ1) is 11.2. The maximum absolute atomic E-state index is 11.9. The molecule has 2 aliphatic heterocycles. The second-order valence-corrected chi connectivity index (χ2v) is 5.57. The lowest BCUT2D eigenvalue weighted by atomic mass is 9.97. The zero-order chi connectivity index (χ0) is 11.8. The van der Waals surface area contributed by atoms with Crippen molar-refractivity contribution in [3.05, 3.63) is 16.8 Å². The van der Waals surface area contributed by atoms with E-state index in [2.05, 4.69) is 31.1 Å². The second kappa shape index (κ2) is 4.42. The van der Waals surface area contributed by atoms with E-state index in [-0.39, 0.29) is 17.8 Å². The van der Waals surface area contributed by atoms with E-state index in [0.29, 0.717) is 4.67 Å². The molecule has 0 radical (unpaired) electrons. The number of nitrogens with one attached hydrogen (secondary N) is 1. The van der Waals surface area contributed by atoms with E-state index in [9.17, 15) is 4.79 Å². The normalized spacial score (nSPS) is 31.5. The lowest BCUT2D eigenvalue weighted by molar-refractivity contribution is 0.0873. The summed E-state index contributed by atoms with van der Waals surface area (Å²) in [7, 11) is 0. The number of fused-ring (bicyclic) bond motifs is 2. The molecular weight excluding hydrogens is 286 g/mol. The molecule has 3 unspecified atom stereocenters. The third-order valence-corrected chi connectivity index (χ3v) is 3.84. The Morgan fingerprint density at radius 1 is 1.59 bits per heavy atom. The van der Waals surface area contributed by atoms with Crippen molar-refractivity contribution in [2.75, 3.05) is 19.6 Å². The third-order valence-electron chi connectivity index (χ3n) is 3.47. The van der Waals surface area contributed by atoms with Crippen LogP contribution < -0.4 is 5.32 Å². The van der Waals surface area contributed by atoms with Gasteiger partial charge in [-0.3, -0.25) is 4.79 Å². The fourth-order valence-electron chi connectivity index (χ4n) is 2.77. The van der Waals surface area contributed by atoms with Gasteiger partial charge in [0.15, 0.2) is 4.67 Å². The molecule has 2 saturated heterocycles. The van der Waals surface area contributed by atoms with Gasteiger partial charge in [0.05, 0.1) is 6.20 Å². The molecule has 2 fully saturated rings. The summed E-state index contributed by atoms with van der Waals surface area (Å²) in [5.41, 5.74) is 0. The Morgan fingerprint density at radius 3 is 3.18 bits per heavy atom. The van der Waals surface area contributed by atoms with Crippen LogP contribution >= 0.6 is 15.9 Å². The molecule has 1 amide bonds. The van der Waals surface area contributed by atoms with Crippen LogP contribution in [0.15, 0.2) is 15.3 Å². The average Bonchev–Trinajstić information content (AvgIpc) is 2.85. The molecule has 3 rings (SSSR count). The van der Waals surface area contributed by atoms with E-state index in [1.54, 1.807) is 0 Å². The minimum Gasteiger partial charge on any atom is -0.425 e. The number of nitrogens with zero attached hydrogens (tertiary/aromatic N) is 2. The van der Waals surface area contributed by atoms with Gasteiger partial charge in [-0.1, -0.05) is 0 Å². The molecular formula is C11H14BrN3O2. The van der Waals surface area contributed by atoms with Crippen LogP contribution in [0, 0.1) is 5.92 Å². The number of hydrogen-bond acceptors (Lipinski definition) is 4. The van der Waals surface area contributed by atoms with Crippen LogP contribution in [0.3, 0.4) is 0 Å². The van der Waals surface area contributed by atoms with Crippen LogP contribution in [0.2, 0.25) is 0 Å². The van der Waals surface area contributed by atoms with E-state index in [0.717, 1.165) is 18.9 Å². The van der Waals surface area contributed by atoms with Gasteiger partial charge in [0.1, 0.15) is 0 Å². The Balaban J connectivity index is 1.62. The van der Waals surface area contributed by atoms with E-state index >= 15 is 0 Å². The molecule has 2 bridgehead atoms. The van der Waals surface area contributed by atoms with Gasteiger partial charge >= 0.3 is 5.91 Å². The molecule has 0 saturated carbocycles. The molecule has 92 valence electrons. The topological polar surface area (TPSA) is 58.4 Å². The smallest absolute Gasteiger partial charge is 0.307 e. The summed E-state index contributed by atoms with van der Waals surface area (Å²) in [5, 5.41) is 2.99. The Bertz CT molecular complexity index is 422. The zero-order valence-electron chi connectivity index (χ0n) is 9.36. The lowest BCUT2D eigenvalue weighted by Gasteiger charge is -2.30. The largest absolute Gasteiger partial charge is 0.425 e. The maximum Gasteiger partial charge on any atom is 0.307 e. The van der Waals surface area contributed by atoms with Gasteiger partial charge in [-0.05, 0) is 41.2 Å². The van der Waals surface area contributed by atoms with Crippen molar-refractivity contribution in [2.24, 2.45) is 5.92 Å². The maximum atomic E-state index is 11.9. The monoisotopic (exact) mass is 299 g/mol. The molecule has 3 heterocycles. The number of rotatable bonds is 2. The van der Waals surface area contributed by atoms with Crippen LogP contribution in [0.5, 0.6) is 0 Å². The van der Waals surface area contributed by atoms with E-state index in [1.807, 2.05) is 0 Å². The van der Waals surface area contributed by atoms with Crippen molar-refractivity contribution in [1.82, 2.24) is 15.2 Å². The van der Waals surface area contributed by atoms with Crippen molar-refractivity contribution in [3.8, 4) is 0 Å². The second-order valence-electron chi connectivity index (χ2n) is 4.79. The Labute approximate surface area is 108 Å². The van der Waals surface area contributed by atoms with Crippen molar-refractivity contribution in [1.29, 1.82) is 0 Å². The van der Waals surface area contributed by atoms with Gasteiger partial charge in [-0.25, -0.2) is 4.98 Å². The summed E-state index contributed by atoms with van der Waals surface area (Å²) in [5.74, 6) is 0.651. The van der Waals surface area contributed by atoms with Crippen LogP contribution in [0.1, 0.15) is 23.5 Å². The van der Waals surface area contributed by atoms with Crippen molar-refractivity contribution >= 4 is 21.8 Å². The molecule has 0 spiro atoms. The van der Waals surface area contributed by atoms with Crippen LogP contribution in [0.4, 0.5) is 0 Å². The first-order valence-electron chi connectivity index (χ1n) is 5.85. The summed E-state index contributed by atoms with van der Waals surface area (Å²) in [6.45, 7) is 3.31. The van der Waals surface area contributed by atoms with E-state index < -0.39 is 0 Å². The molecule has 2 aliphatic rings. The molecule has 17 heavy (non-hydrogen) atoms. The van der Waals surface area contributed by atoms with Gasteiger partial charge < -0.3 is 14.6 Å². The molecule has 0 aliphatic carbocycles. The van der Waals surface area contributed by atoms with Gasteiger partial charge in [0, 0.05) is 19.1 Å². The summed E-state index contributed by atoms with van der Waals surface area (Å²) < 4.78 is 5.62. The van der Waals surface area contributed by atoms with Gasteiger partial charge in [-0.2, -0.15) is 0 Å². The van der Waals surface area contributed by atoms with Crippen LogP contribution in [-0.2, 0) is 0 Å². The number of carbonyl (C=O) groups is 1. The van der Waals surface area contributed by atoms with Gasteiger partial charge in [0.25, 0.3) is 5.89 Å². The number of hydrogen-bond donors (Lipinski definition) is 1. The standard InChI is InChI=1S/C11H14BrN3O2/c12-9-4-13-11(17-9)10(16)14-8-3-7-1-2-15(5-7)6-8/h4,7-8H,1-3,5-6H2,(H,14,16). The number of piperidine rings is 1. The SMILES string of the molecule is O=C(NC1CC2CCN(C2)C1)c1ncc(Br)o1.